The number of hydrogen-bond acceptors (Lipinski definition) is 7. The lowest BCUT2D eigenvalue weighted by Gasteiger charge is -2.38. The molecule has 0 radical (unpaired) electrons. The molecule has 48 heavy (non-hydrogen) atoms. The van der Waals surface area contributed by atoms with Gasteiger partial charge in [-0.15, -0.1) is 0 Å². The Kier molecular flexibility index (Phi) is 12.3. The van der Waals surface area contributed by atoms with E-state index in [1.54, 1.807) is 25.7 Å². The molecule has 276 valence electrons. The van der Waals surface area contributed by atoms with E-state index in [9.17, 15) is 32.7 Å². The van der Waals surface area contributed by atoms with Crippen LogP contribution < -0.4 is 0 Å². The van der Waals surface area contributed by atoms with Crippen molar-refractivity contribution in [2.75, 3.05) is 19.3 Å². The van der Waals surface area contributed by atoms with E-state index in [0.717, 1.165) is 19.3 Å². The van der Waals surface area contributed by atoms with E-state index in [-0.39, 0.29) is 71.6 Å². The maximum Gasteiger partial charge on any atom is 0.227 e. The number of ketones is 3. The second-order valence-corrected chi connectivity index (χ2v) is 21.3. The van der Waals surface area contributed by atoms with E-state index >= 15 is 0 Å². The van der Waals surface area contributed by atoms with Gasteiger partial charge in [0.2, 0.25) is 15.9 Å². The Balaban J connectivity index is 1.78. The number of carbonyl (C=O) groups excluding carboxylic acids is 4. The van der Waals surface area contributed by atoms with Crippen LogP contribution >= 0.6 is 0 Å². The average molecular weight is 695 g/mol. The molecular formula is C38H66N2O7S. The number of nitrogens with zero attached hydrogens (tertiary/aromatic N) is 2. The highest BCUT2D eigenvalue weighted by Crippen LogP contribution is 2.65. The van der Waals surface area contributed by atoms with Crippen LogP contribution in [0.1, 0.15) is 134 Å². The second kappa shape index (κ2) is 14.5. The molecule has 0 spiro atoms. The van der Waals surface area contributed by atoms with E-state index in [1.165, 1.54) is 11.4 Å². The largest absolute Gasteiger partial charge is 0.385 e. The van der Waals surface area contributed by atoms with Gasteiger partial charge in [0.25, 0.3) is 0 Å². The Morgan fingerprint density at radius 2 is 1.54 bits per heavy atom. The summed E-state index contributed by atoms with van der Waals surface area (Å²) < 4.78 is 26.9. The highest BCUT2D eigenvalue weighted by molar-refractivity contribution is 7.89. The maximum absolute atomic E-state index is 14.3. The molecule has 3 rings (SSSR count). The van der Waals surface area contributed by atoms with Gasteiger partial charge in [-0.05, 0) is 73.5 Å². The lowest BCUT2D eigenvalue weighted by Crippen LogP contribution is -2.51. The molecule has 9 nitrogen and oxygen atoms in total. The van der Waals surface area contributed by atoms with Crippen LogP contribution in [0.2, 0.25) is 0 Å². The Morgan fingerprint density at radius 1 is 0.958 bits per heavy atom. The van der Waals surface area contributed by atoms with Crippen LogP contribution in [0.3, 0.4) is 0 Å². The number of carbonyl (C=O) groups is 4. The van der Waals surface area contributed by atoms with Crippen molar-refractivity contribution in [2.45, 2.75) is 152 Å². The van der Waals surface area contributed by atoms with Crippen LogP contribution in [-0.2, 0) is 29.2 Å². The van der Waals surface area contributed by atoms with E-state index < -0.39 is 50.7 Å². The summed E-state index contributed by atoms with van der Waals surface area (Å²) in [5.41, 5.74) is -1.35. The molecule has 1 heterocycles. The molecule has 0 aromatic carbocycles. The fraction of sp³-hybridized carbons (Fsp3) is 0.895. The van der Waals surface area contributed by atoms with Gasteiger partial charge in [0.1, 0.15) is 11.9 Å². The van der Waals surface area contributed by atoms with Crippen molar-refractivity contribution < 1.29 is 32.7 Å². The second-order valence-electron chi connectivity index (χ2n) is 19.2. The maximum atomic E-state index is 14.3. The molecule has 1 aliphatic heterocycles. The van der Waals surface area contributed by atoms with E-state index in [0.29, 0.717) is 25.3 Å². The molecule has 2 aliphatic carbocycles. The fourth-order valence-electron chi connectivity index (χ4n) is 7.99. The molecule has 0 aromatic rings. The minimum absolute atomic E-state index is 0.00190. The molecule has 1 N–H and O–H groups in total. The van der Waals surface area contributed by atoms with Crippen molar-refractivity contribution in [3.8, 4) is 0 Å². The number of aliphatic hydroxyl groups excluding tert-OH is 1. The normalized spacial score (nSPS) is 24.9. The third-order valence-electron chi connectivity index (χ3n) is 11.6. The zero-order valence-electron chi connectivity index (χ0n) is 32.0. The number of rotatable bonds is 16. The van der Waals surface area contributed by atoms with Crippen LogP contribution in [-0.4, -0.2) is 83.0 Å². The fourth-order valence-corrected chi connectivity index (χ4v) is 9.61. The average Bonchev–Trinajstić information content (AvgIpc) is 3.22. The molecule has 2 saturated carbocycles. The van der Waals surface area contributed by atoms with E-state index in [1.807, 2.05) is 41.5 Å². The number of piperidine rings is 1. The van der Waals surface area contributed by atoms with Gasteiger partial charge >= 0.3 is 0 Å². The molecule has 6 atom stereocenters. The number of hydrogen-bond donors (Lipinski definition) is 1. The third-order valence-corrected chi connectivity index (χ3v) is 13.8. The van der Waals surface area contributed by atoms with Gasteiger partial charge in [0.15, 0.2) is 11.6 Å². The Hall–Kier alpha value is -1.65. The minimum Gasteiger partial charge on any atom is -0.385 e. The quantitative estimate of drug-likeness (QED) is 0.208. The summed E-state index contributed by atoms with van der Waals surface area (Å²) in [6, 6.07) is -0.649. The molecule has 1 saturated heterocycles. The first-order chi connectivity index (χ1) is 21.7. The highest BCUT2D eigenvalue weighted by Gasteiger charge is 2.69. The molecule has 4 unspecified atom stereocenters. The van der Waals surface area contributed by atoms with Gasteiger partial charge in [-0.1, -0.05) is 74.7 Å². The standard InChI is InChI=1S/C38H66N2O7S/c1-35(2,3)22-26(41)21-27(36(4,5)6)34(45)40-23-28-31(38(28,10)11)32(40)30(43)20-25(19-24-15-13-16-24)33(44)29(42)17-14-18-48(46,47)39(12)37(7,8)9/h24-25,27-28,31-33,44H,13-23H2,1-12H3/t25?,27-,28?,31?,32-,33?/m1/s1. The predicted octanol–water partition coefficient (Wildman–Crippen LogP) is 6.06. The molecule has 10 heteroatoms. The Labute approximate surface area is 291 Å². The summed E-state index contributed by atoms with van der Waals surface area (Å²) in [6.07, 6.45) is 2.75. The summed E-state index contributed by atoms with van der Waals surface area (Å²) in [5.74, 6) is -1.50. The van der Waals surface area contributed by atoms with Gasteiger partial charge in [0, 0.05) is 50.7 Å². The molecule has 1 amide bonds. The zero-order chi connectivity index (χ0) is 36.8. The minimum atomic E-state index is -3.58. The van der Waals surface area contributed by atoms with Gasteiger partial charge in [0.05, 0.1) is 11.8 Å². The summed E-state index contributed by atoms with van der Waals surface area (Å²) in [5, 5.41) is 11.4. The third kappa shape index (κ3) is 9.77. The first-order valence-electron chi connectivity index (χ1n) is 18.2. The molecule has 3 fully saturated rings. The number of aliphatic hydroxyl groups is 1. The Morgan fingerprint density at radius 3 is 2.02 bits per heavy atom. The number of Topliss-reactive ketones (excluding diaryl/α,β-unsaturated/α-hetero) is 3. The van der Waals surface area contributed by atoms with Crippen molar-refractivity contribution in [3.05, 3.63) is 0 Å². The first kappa shape index (κ1) is 40.8. The van der Waals surface area contributed by atoms with E-state index in [4.69, 9.17) is 0 Å². The zero-order valence-corrected chi connectivity index (χ0v) is 32.8. The van der Waals surface area contributed by atoms with E-state index in [2.05, 4.69) is 13.8 Å². The molecule has 0 aromatic heterocycles. The summed E-state index contributed by atoms with van der Waals surface area (Å²) in [7, 11) is -2.05. The van der Waals surface area contributed by atoms with Gasteiger partial charge in [-0.2, -0.15) is 4.31 Å². The summed E-state index contributed by atoms with van der Waals surface area (Å²) in [4.78, 5) is 56.8. The van der Waals surface area contributed by atoms with Gasteiger partial charge < -0.3 is 10.0 Å². The molecule has 0 bridgehead atoms. The predicted molar refractivity (Wildman–Crippen MR) is 190 cm³/mol. The Bertz CT molecular complexity index is 1310. The topological polar surface area (TPSA) is 129 Å². The van der Waals surface area contributed by atoms with Crippen LogP contribution in [0.25, 0.3) is 0 Å². The van der Waals surface area contributed by atoms with Crippen molar-refractivity contribution in [1.29, 1.82) is 0 Å². The van der Waals surface area contributed by atoms with Crippen molar-refractivity contribution >= 4 is 33.3 Å². The van der Waals surface area contributed by atoms with Crippen LogP contribution in [0.5, 0.6) is 0 Å². The lowest BCUT2D eigenvalue weighted by atomic mass is 9.74. The van der Waals surface area contributed by atoms with Crippen LogP contribution in [0, 0.1) is 45.8 Å². The summed E-state index contributed by atoms with van der Waals surface area (Å²) in [6.45, 7) is 22.1. The molecule has 3 aliphatic rings. The number of likely N-dealkylation sites (tertiary alicyclic amines) is 1. The van der Waals surface area contributed by atoms with Crippen molar-refractivity contribution in [3.63, 3.8) is 0 Å². The SMILES string of the molecule is CN(C(C)(C)C)S(=O)(=O)CCCC(=O)C(O)C(CC(=O)[C@@H]1C2C(CN1C(=O)[C@@H](CC(=O)CC(C)(C)C)C(C)(C)C)C2(C)C)CC1CCC1. The highest BCUT2D eigenvalue weighted by atomic mass is 32.2. The summed E-state index contributed by atoms with van der Waals surface area (Å²) >= 11 is 0. The lowest BCUT2D eigenvalue weighted by molar-refractivity contribution is -0.148. The first-order valence-corrected chi connectivity index (χ1v) is 19.8. The van der Waals surface area contributed by atoms with Gasteiger partial charge in [-0.3, -0.25) is 19.2 Å². The van der Waals surface area contributed by atoms with Gasteiger partial charge in [-0.25, -0.2) is 8.42 Å². The number of fused-ring (bicyclic) bond motifs is 1. The van der Waals surface area contributed by atoms with Crippen LogP contribution in [0.15, 0.2) is 0 Å². The van der Waals surface area contributed by atoms with Crippen molar-refractivity contribution in [2.24, 2.45) is 45.8 Å². The van der Waals surface area contributed by atoms with Crippen molar-refractivity contribution in [1.82, 2.24) is 9.21 Å². The monoisotopic (exact) mass is 694 g/mol. The van der Waals surface area contributed by atoms with Crippen LogP contribution in [0.4, 0.5) is 0 Å². The smallest absolute Gasteiger partial charge is 0.227 e. The number of sulfonamides is 1. The number of amides is 1. The molecular weight excluding hydrogens is 628 g/mol.